The van der Waals surface area contributed by atoms with Crippen molar-refractivity contribution in [1.82, 2.24) is 4.90 Å². The molecule has 1 saturated carbocycles. The van der Waals surface area contributed by atoms with Crippen LogP contribution >= 0.6 is 15.9 Å². The fourth-order valence-corrected chi connectivity index (χ4v) is 2.85. The van der Waals surface area contributed by atoms with Crippen LogP contribution in [0.3, 0.4) is 0 Å². The molecule has 0 bridgehead atoms. The number of anilines is 2. The van der Waals surface area contributed by atoms with E-state index in [9.17, 15) is 9.59 Å². The number of hydrogen-bond acceptors (Lipinski definition) is 2. The van der Waals surface area contributed by atoms with Crippen molar-refractivity contribution in [3.63, 3.8) is 0 Å². The van der Waals surface area contributed by atoms with Crippen molar-refractivity contribution in [3.05, 3.63) is 58.6 Å². The number of carbonyl (C=O) groups excluding carboxylic acids is 2. The topological polar surface area (TPSA) is 61.4 Å². The molecule has 2 aromatic carbocycles. The number of halogens is 1. The molecule has 6 heteroatoms. The summed E-state index contributed by atoms with van der Waals surface area (Å²) in [6.07, 6.45) is 1.92. The van der Waals surface area contributed by atoms with Crippen molar-refractivity contribution in [1.29, 1.82) is 0 Å². The fourth-order valence-electron chi connectivity index (χ4n) is 2.44. The van der Waals surface area contributed by atoms with E-state index in [-0.39, 0.29) is 17.9 Å². The maximum atomic E-state index is 12.4. The minimum atomic E-state index is -0.207. The van der Waals surface area contributed by atoms with Gasteiger partial charge in [-0.15, -0.1) is 0 Å². The molecule has 1 fully saturated rings. The van der Waals surface area contributed by atoms with Crippen LogP contribution in [0.4, 0.5) is 16.2 Å². The summed E-state index contributed by atoms with van der Waals surface area (Å²) >= 11 is 3.49. The maximum Gasteiger partial charge on any atom is 0.321 e. The van der Waals surface area contributed by atoms with Gasteiger partial charge < -0.3 is 15.5 Å². The van der Waals surface area contributed by atoms with Gasteiger partial charge in [0.15, 0.2) is 0 Å². The van der Waals surface area contributed by atoms with Crippen LogP contribution < -0.4 is 10.6 Å². The van der Waals surface area contributed by atoms with E-state index in [1.54, 1.807) is 24.1 Å². The molecule has 5 nitrogen and oxygen atoms in total. The number of benzene rings is 2. The largest absolute Gasteiger partial charge is 0.326 e. The van der Waals surface area contributed by atoms with E-state index in [4.69, 9.17) is 0 Å². The predicted octanol–water partition coefficient (Wildman–Crippen LogP) is 4.46. The highest BCUT2D eigenvalue weighted by Gasteiger charge is 2.29. The molecule has 0 spiro atoms. The second-order valence-corrected chi connectivity index (χ2v) is 7.08. The molecule has 0 aromatic heterocycles. The lowest BCUT2D eigenvalue weighted by Gasteiger charge is -2.19. The Labute approximate surface area is 155 Å². The highest BCUT2D eigenvalue weighted by atomic mass is 79.9. The highest BCUT2D eigenvalue weighted by Crippen LogP contribution is 2.30. The van der Waals surface area contributed by atoms with E-state index in [1.807, 2.05) is 36.4 Å². The maximum absolute atomic E-state index is 12.4. The minimum absolute atomic E-state index is 0.0505. The van der Waals surface area contributed by atoms with E-state index < -0.39 is 0 Å². The third kappa shape index (κ3) is 4.82. The molecule has 1 aliphatic rings. The summed E-state index contributed by atoms with van der Waals surface area (Å²) in [7, 11) is 1.74. The molecular formula is C19H20BrN3O2. The molecule has 0 atom stereocenters. The lowest BCUT2D eigenvalue weighted by molar-refractivity contribution is -0.117. The summed E-state index contributed by atoms with van der Waals surface area (Å²) in [5.41, 5.74) is 2.38. The molecule has 2 aromatic rings. The van der Waals surface area contributed by atoms with E-state index in [2.05, 4.69) is 26.6 Å². The lowest BCUT2D eigenvalue weighted by atomic mass is 10.2. The van der Waals surface area contributed by atoms with Gasteiger partial charge in [0, 0.05) is 35.4 Å². The average molecular weight is 402 g/mol. The van der Waals surface area contributed by atoms with Crippen LogP contribution in [0.2, 0.25) is 0 Å². The van der Waals surface area contributed by atoms with Crippen molar-refractivity contribution >= 4 is 39.2 Å². The smallest absolute Gasteiger partial charge is 0.321 e. The summed E-state index contributed by atoms with van der Waals surface area (Å²) < 4.78 is 0.972. The molecule has 1 aliphatic carbocycles. The normalized spacial score (nSPS) is 13.2. The van der Waals surface area contributed by atoms with E-state index in [0.717, 1.165) is 22.9 Å². The Balaban J connectivity index is 1.60. The van der Waals surface area contributed by atoms with Crippen molar-refractivity contribution in [2.75, 3.05) is 17.7 Å². The van der Waals surface area contributed by atoms with Gasteiger partial charge in [-0.2, -0.15) is 0 Å². The first-order valence-corrected chi connectivity index (χ1v) is 8.98. The number of hydrogen-bond donors (Lipinski definition) is 2. The zero-order valence-corrected chi connectivity index (χ0v) is 15.5. The molecule has 25 heavy (non-hydrogen) atoms. The van der Waals surface area contributed by atoms with Crippen LogP contribution in [0.15, 0.2) is 53.0 Å². The van der Waals surface area contributed by atoms with Crippen LogP contribution in [0.25, 0.3) is 0 Å². The first-order valence-electron chi connectivity index (χ1n) is 8.19. The third-order valence-electron chi connectivity index (χ3n) is 4.04. The molecule has 130 valence electrons. The Bertz CT molecular complexity index is 790. The first-order chi connectivity index (χ1) is 12.0. The molecule has 0 heterocycles. The van der Waals surface area contributed by atoms with Gasteiger partial charge in [0.1, 0.15) is 0 Å². The molecule has 0 aliphatic heterocycles. The summed E-state index contributed by atoms with van der Waals surface area (Å²) in [6, 6.07) is 14.8. The first kappa shape index (κ1) is 17.5. The second-order valence-electron chi connectivity index (χ2n) is 6.22. The summed E-state index contributed by atoms with van der Waals surface area (Å²) in [5.74, 6) is 0.197. The molecular weight excluding hydrogens is 382 g/mol. The van der Waals surface area contributed by atoms with Gasteiger partial charge >= 0.3 is 6.03 Å². The van der Waals surface area contributed by atoms with E-state index >= 15 is 0 Å². The highest BCUT2D eigenvalue weighted by molar-refractivity contribution is 9.10. The standard InChI is InChI=1S/C19H20BrN3O2/c1-23(12-14-5-2-3-8-17(14)20)19(25)22-16-7-4-6-15(11-16)21-18(24)13-9-10-13/h2-8,11,13H,9-10,12H2,1H3,(H,21,24)(H,22,25). The predicted molar refractivity (Wildman–Crippen MR) is 102 cm³/mol. The Kier molecular flexibility index (Phi) is 5.38. The number of carbonyl (C=O) groups is 2. The Morgan fingerprint density at radius 2 is 1.76 bits per heavy atom. The average Bonchev–Trinajstić information content (AvgIpc) is 3.42. The molecule has 0 saturated heterocycles. The minimum Gasteiger partial charge on any atom is -0.326 e. The van der Waals surface area contributed by atoms with Crippen LogP contribution in [0.1, 0.15) is 18.4 Å². The van der Waals surface area contributed by atoms with Crippen LogP contribution in [0.5, 0.6) is 0 Å². The van der Waals surface area contributed by atoms with Gasteiger partial charge in [-0.25, -0.2) is 4.79 Å². The van der Waals surface area contributed by atoms with Gasteiger partial charge in [-0.3, -0.25) is 4.79 Å². The molecule has 3 amide bonds. The van der Waals surface area contributed by atoms with Gasteiger partial charge in [0.2, 0.25) is 5.91 Å². The number of nitrogens with one attached hydrogen (secondary N) is 2. The quantitative estimate of drug-likeness (QED) is 0.776. The Hall–Kier alpha value is -2.34. The van der Waals surface area contributed by atoms with Crippen LogP contribution in [-0.2, 0) is 11.3 Å². The van der Waals surface area contributed by atoms with E-state index in [0.29, 0.717) is 17.9 Å². The fraction of sp³-hybridized carbons (Fsp3) is 0.263. The summed E-state index contributed by atoms with van der Waals surface area (Å²) in [4.78, 5) is 25.8. The van der Waals surface area contributed by atoms with Crippen LogP contribution in [0, 0.1) is 5.92 Å². The summed E-state index contributed by atoms with van der Waals surface area (Å²) in [6.45, 7) is 0.491. The van der Waals surface area contributed by atoms with Gasteiger partial charge in [-0.1, -0.05) is 40.2 Å². The number of nitrogens with zero attached hydrogens (tertiary/aromatic N) is 1. The zero-order chi connectivity index (χ0) is 17.8. The van der Waals surface area contributed by atoms with Gasteiger partial charge in [-0.05, 0) is 42.7 Å². The Morgan fingerprint density at radius 1 is 1.08 bits per heavy atom. The monoisotopic (exact) mass is 401 g/mol. The molecule has 3 rings (SSSR count). The van der Waals surface area contributed by atoms with Gasteiger partial charge in [0.05, 0.1) is 0 Å². The zero-order valence-electron chi connectivity index (χ0n) is 14.0. The number of urea groups is 1. The van der Waals surface area contributed by atoms with Crippen LogP contribution in [-0.4, -0.2) is 23.9 Å². The Morgan fingerprint density at radius 3 is 2.44 bits per heavy atom. The van der Waals surface area contributed by atoms with Crippen molar-refractivity contribution in [2.45, 2.75) is 19.4 Å². The third-order valence-corrected chi connectivity index (χ3v) is 4.82. The summed E-state index contributed by atoms with van der Waals surface area (Å²) in [5, 5.41) is 5.74. The van der Waals surface area contributed by atoms with Crippen molar-refractivity contribution < 1.29 is 9.59 Å². The number of rotatable bonds is 5. The molecule has 0 unspecified atom stereocenters. The second kappa shape index (κ2) is 7.70. The lowest BCUT2D eigenvalue weighted by Crippen LogP contribution is -2.31. The van der Waals surface area contributed by atoms with Crippen molar-refractivity contribution in [3.8, 4) is 0 Å². The van der Waals surface area contributed by atoms with Crippen molar-refractivity contribution in [2.24, 2.45) is 5.92 Å². The number of amides is 3. The SMILES string of the molecule is CN(Cc1ccccc1Br)C(=O)Nc1cccc(NC(=O)C2CC2)c1. The molecule has 2 N–H and O–H groups in total. The van der Waals surface area contributed by atoms with Gasteiger partial charge in [0.25, 0.3) is 0 Å². The molecule has 0 radical (unpaired) electrons. The van der Waals surface area contributed by atoms with E-state index in [1.165, 1.54) is 0 Å².